The Kier molecular flexibility index (Phi) is 4.07. The molecule has 2 N–H and O–H groups in total. The van der Waals surface area contributed by atoms with Crippen molar-refractivity contribution in [3.63, 3.8) is 0 Å². The number of carbonyl (C=O) groups excluding carboxylic acids is 1. The van der Waals surface area contributed by atoms with Crippen LogP contribution in [0.2, 0.25) is 0 Å². The zero-order valence-electron chi connectivity index (χ0n) is 10.8. The van der Waals surface area contributed by atoms with Gasteiger partial charge in [0, 0.05) is 13.5 Å². The van der Waals surface area contributed by atoms with E-state index in [1.807, 2.05) is 13.0 Å². The van der Waals surface area contributed by atoms with E-state index in [-0.39, 0.29) is 12.5 Å². The van der Waals surface area contributed by atoms with E-state index in [9.17, 15) is 4.79 Å². The molecule has 100 valence electrons. The number of aryl methyl sites for hydroxylation is 1. The Morgan fingerprint density at radius 2 is 2.26 bits per heavy atom. The third-order valence-electron chi connectivity index (χ3n) is 2.35. The van der Waals surface area contributed by atoms with Gasteiger partial charge in [-0.15, -0.1) is 0 Å². The molecule has 7 heteroatoms. The average Bonchev–Trinajstić information content (AvgIpc) is 2.83. The van der Waals surface area contributed by atoms with E-state index in [0.717, 1.165) is 12.2 Å². The molecule has 0 saturated heterocycles. The Balaban J connectivity index is 1.92. The molecule has 0 aliphatic rings. The summed E-state index contributed by atoms with van der Waals surface area (Å²) in [6.45, 7) is 4.71. The molecular formula is C12H15N5O2. The van der Waals surface area contributed by atoms with Crippen LogP contribution in [0.4, 0.5) is 5.69 Å². The fourth-order valence-electron chi connectivity index (χ4n) is 1.50. The van der Waals surface area contributed by atoms with Crippen molar-refractivity contribution >= 4 is 11.6 Å². The molecule has 0 saturated carbocycles. The summed E-state index contributed by atoms with van der Waals surface area (Å²) in [5.74, 6) is 0.637. The number of pyridine rings is 1. The molecule has 0 unspecified atom stereocenters. The summed E-state index contributed by atoms with van der Waals surface area (Å²) in [4.78, 5) is 19.9. The zero-order chi connectivity index (χ0) is 13.7. The highest BCUT2D eigenvalue weighted by molar-refractivity contribution is 5.92. The van der Waals surface area contributed by atoms with Gasteiger partial charge in [-0.25, -0.2) is 4.98 Å². The van der Waals surface area contributed by atoms with E-state index in [0.29, 0.717) is 17.4 Å². The SMILES string of the molecule is CCNc1ccc(C(=O)NCc2noc(C)n2)nc1. The van der Waals surface area contributed by atoms with E-state index in [1.54, 1.807) is 19.2 Å². The summed E-state index contributed by atoms with van der Waals surface area (Å²) in [7, 11) is 0. The third-order valence-corrected chi connectivity index (χ3v) is 2.35. The fourth-order valence-corrected chi connectivity index (χ4v) is 1.50. The van der Waals surface area contributed by atoms with Gasteiger partial charge in [-0.2, -0.15) is 4.98 Å². The molecule has 0 aliphatic carbocycles. The Morgan fingerprint density at radius 3 is 2.84 bits per heavy atom. The fraction of sp³-hybridized carbons (Fsp3) is 0.333. The molecule has 0 aromatic carbocycles. The van der Waals surface area contributed by atoms with Crippen molar-refractivity contribution in [2.75, 3.05) is 11.9 Å². The minimum atomic E-state index is -0.273. The van der Waals surface area contributed by atoms with E-state index >= 15 is 0 Å². The van der Waals surface area contributed by atoms with Gasteiger partial charge in [0.25, 0.3) is 5.91 Å². The number of hydrogen-bond acceptors (Lipinski definition) is 6. The Hall–Kier alpha value is -2.44. The van der Waals surface area contributed by atoms with Gasteiger partial charge in [0.15, 0.2) is 5.82 Å². The second-order valence-electron chi connectivity index (χ2n) is 3.87. The maximum atomic E-state index is 11.8. The lowest BCUT2D eigenvalue weighted by molar-refractivity contribution is 0.0944. The smallest absolute Gasteiger partial charge is 0.270 e. The lowest BCUT2D eigenvalue weighted by atomic mass is 10.3. The molecule has 7 nitrogen and oxygen atoms in total. The van der Waals surface area contributed by atoms with Gasteiger partial charge in [-0.3, -0.25) is 4.79 Å². The first-order valence-electron chi connectivity index (χ1n) is 5.96. The van der Waals surface area contributed by atoms with Gasteiger partial charge >= 0.3 is 0 Å². The molecule has 2 aromatic heterocycles. The number of carbonyl (C=O) groups is 1. The third kappa shape index (κ3) is 3.51. The van der Waals surface area contributed by atoms with E-state index in [2.05, 4.69) is 25.8 Å². The van der Waals surface area contributed by atoms with E-state index < -0.39 is 0 Å². The van der Waals surface area contributed by atoms with Crippen LogP contribution < -0.4 is 10.6 Å². The number of amides is 1. The predicted molar refractivity (Wildman–Crippen MR) is 68.6 cm³/mol. The molecule has 0 fully saturated rings. The molecule has 2 aromatic rings. The Morgan fingerprint density at radius 1 is 1.42 bits per heavy atom. The van der Waals surface area contributed by atoms with Crippen LogP contribution in [-0.2, 0) is 6.54 Å². The summed E-state index contributed by atoms with van der Waals surface area (Å²) in [6, 6.07) is 3.47. The van der Waals surface area contributed by atoms with Crippen molar-refractivity contribution in [3.05, 3.63) is 35.7 Å². The second kappa shape index (κ2) is 5.94. The first kappa shape index (κ1) is 13.0. The average molecular weight is 261 g/mol. The number of nitrogens with zero attached hydrogens (tertiary/aromatic N) is 3. The van der Waals surface area contributed by atoms with Crippen LogP contribution in [0.25, 0.3) is 0 Å². The number of rotatable bonds is 5. The van der Waals surface area contributed by atoms with Gasteiger partial charge in [-0.05, 0) is 19.1 Å². The minimum absolute atomic E-state index is 0.215. The highest BCUT2D eigenvalue weighted by Crippen LogP contribution is 2.05. The summed E-state index contributed by atoms with van der Waals surface area (Å²) in [6.07, 6.45) is 1.62. The predicted octanol–water partition coefficient (Wildman–Crippen LogP) is 1.13. The monoisotopic (exact) mass is 261 g/mol. The molecular weight excluding hydrogens is 246 g/mol. The summed E-state index contributed by atoms with van der Waals surface area (Å²) >= 11 is 0. The first-order chi connectivity index (χ1) is 9.19. The normalized spacial score (nSPS) is 10.2. The molecule has 0 aliphatic heterocycles. The van der Waals surface area contributed by atoms with Gasteiger partial charge in [0.05, 0.1) is 18.4 Å². The number of hydrogen-bond donors (Lipinski definition) is 2. The largest absolute Gasteiger partial charge is 0.384 e. The topological polar surface area (TPSA) is 92.9 Å². The van der Waals surface area contributed by atoms with Crippen LogP contribution in [0.15, 0.2) is 22.9 Å². The Bertz CT molecular complexity index is 550. The second-order valence-corrected chi connectivity index (χ2v) is 3.87. The summed E-state index contributed by atoms with van der Waals surface area (Å²) < 4.78 is 4.81. The quantitative estimate of drug-likeness (QED) is 0.838. The maximum absolute atomic E-state index is 11.8. The lowest BCUT2D eigenvalue weighted by Gasteiger charge is -2.04. The van der Waals surface area contributed by atoms with Crippen LogP contribution in [0.3, 0.4) is 0 Å². The Labute approximate surface area is 110 Å². The first-order valence-corrected chi connectivity index (χ1v) is 5.96. The minimum Gasteiger partial charge on any atom is -0.384 e. The number of anilines is 1. The highest BCUT2D eigenvalue weighted by Gasteiger charge is 2.09. The van der Waals surface area contributed by atoms with Crippen LogP contribution in [0.1, 0.15) is 29.1 Å². The van der Waals surface area contributed by atoms with Gasteiger partial charge < -0.3 is 15.2 Å². The maximum Gasteiger partial charge on any atom is 0.270 e. The van der Waals surface area contributed by atoms with E-state index in [1.165, 1.54) is 0 Å². The zero-order valence-corrected chi connectivity index (χ0v) is 10.8. The molecule has 2 rings (SSSR count). The van der Waals surface area contributed by atoms with Gasteiger partial charge in [0.1, 0.15) is 5.69 Å². The molecule has 0 bridgehead atoms. The van der Waals surface area contributed by atoms with Crippen LogP contribution >= 0.6 is 0 Å². The molecule has 19 heavy (non-hydrogen) atoms. The van der Waals surface area contributed by atoms with Crippen molar-refractivity contribution in [1.82, 2.24) is 20.4 Å². The van der Waals surface area contributed by atoms with Crippen LogP contribution in [-0.4, -0.2) is 27.6 Å². The summed E-state index contributed by atoms with van der Waals surface area (Å²) in [5.41, 5.74) is 1.23. The van der Waals surface area contributed by atoms with Crippen molar-refractivity contribution < 1.29 is 9.32 Å². The summed E-state index contributed by atoms with van der Waals surface area (Å²) in [5, 5.41) is 9.47. The van der Waals surface area contributed by atoms with Crippen LogP contribution in [0, 0.1) is 6.92 Å². The molecule has 0 spiro atoms. The van der Waals surface area contributed by atoms with Crippen LogP contribution in [0.5, 0.6) is 0 Å². The molecule has 0 atom stereocenters. The lowest BCUT2D eigenvalue weighted by Crippen LogP contribution is -2.24. The molecule has 1 amide bonds. The van der Waals surface area contributed by atoms with Crippen molar-refractivity contribution in [2.45, 2.75) is 20.4 Å². The highest BCUT2D eigenvalue weighted by atomic mass is 16.5. The standard InChI is InChI=1S/C12H15N5O2/c1-3-13-9-4-5-10(14-6-9)12(18)15-7-11-16-8(2)19-17-11/h4-6,13H,3,7H2,1-2H3,(H,15,18). The van der Waals surface area contributed by atoms with Crippen molar-refractivity contribution in [1.29, 1.82) is 0 Å². The van der Waals surface area contributed by atoms with Crippen molar-refractivity contribution in [3.8, 4) is 0 Å². The molecule has 2 heterocycles. The number of nitrogens with one attached hydrogen (secondary N) is 2. The molecule has 0 radical (unpaired) electrons. The van der Waals surface area contributed by atoms with Gasteiger partial charge in [0.2, 0.25) is 5.89 Å². The van der Waals surface area contributed by atoms with E-state index in [4.69, 9.17) is 4.52 Å². The van der Waals surface area contributed by atoms with Crippen molar-refractivity contribution in [2.24, 2.45) is 0 Å². The number of aromatic nitrogens is 3. The van der Waals surface area contributed by atoms with Gasteiger partial charge in [-0.1, -0.05) is 5.16 Å².